The van der Waals surface area contributed by atoms with Gasteiger partial charge in [-0.1, -0.05) is 131 Å². The zero-order valence-corrected chi connectivity index (χ0v) is 55.1. The summed E-state index contributed by atoms with van der Waals surface area (Å²) in [7, 11) is -20.5. The van der Waals surface area contributed by atoms with Crippen molar-refractivity contribution in [2.24, 2.45) is 0 Å². The van der Waals surface area contributed by atoms with E-state index in [1.807, 2.05) is 125 Å². The lowest BCUT2D eigenvalue weighted by atomic mass is 10.2. The average Bonchev–Trinajstić information content (AvgIpc) is 4.33. The number of rotatable bonds is 3. The molecule has 7 fully saturated rings. The first-order chi connectivity index (χ1) is 36.3. The lowest BCUT2D eigenvalue weighted by Gasteiger charge is -2.09. The Morgan fingerprint density at radius 1 is 0.403 bits per heavy atom. The monoisotopic (exact) mass is 1290 g/mol. The summed E-state index contributed by atoms with van der Waals surface area (Å²) in [4.78, 5) is 0. The van der Waals surface area contributed by atoms with Crippen molar-refractivity contribution in [1.82, 2.24) is 0 Å². The highest BCUT2D eigenvalue weighted by Crippen LogP contribution is 2.17. The molecule has 36 heteroatoms. The molecular formula is C41H96O28S8. The van der Waals surface area contributed by atoms with Crippen LogP contribution in [0.25, 0.3) is 0 Å². The molecule has 8 aliphatic rings. The summed E-state index contributed by atoms with van der Waals surface area (Å²) in [5.41, 5.74) is 0. The van der Waals surface area contributed by atoms with E-state index >= 15 is 0 Å². The van der Waals surface area contributed by atoms with Crippen molar-refractivity contribution in [2.45, 2.75) is 188 Å². The minimum Gasteiger partial charge on any atom is -0.376 e. The first-order valence-electron chi connectivity index (χ1n) is 25.4. The minimum atomic E-state index is -3.62. The van der Waals surface area contributed by atoms with Crippen molar-refractivity contribution >= 4 is 84.6 Å². The van der Waals surface area contributed by atoms with Crippen LogP contribution >= 0.6 is 0 Å². The van der Waals surface area contributed by atoms with Gasteiger partial charge in [0, 0.05) is 0 Å². The van der Waals surface area contributed by atoms with Crippen LogP contribution in [-0.2, 0) is 143 Å². The summed E-state index contributed by atoms with van der Waals surface area (Å²) in [5.74, 6) is 0.403. The number of hydrogen-bond donors (Lipinski definition) is 0. The fourth-order valence-corrected chi connectivity index (χ4v) is 9.69. The quantitative estimate of drug-likeness (QED) is 0.252. The highest BCUT2D eigenvalue weighted by molar-refractivity contribution is 7.87. The van der Waals surface area contributed by atoms with Gasteiger partial charge in [0.2, 0.25) is 0 Å². The van der Waals surface area contributed by atoms with Gasteiger partial charge in [-0.25, -0.2) is 33.5 Å². The van der Waals surface area contributed by atoms with Crippen LogP contribution in [-0.4, -0.2) is 148 Å². The van der Waals surface area contributed by atoms with Crippen LogP contribution in [0, 0.1) is 0 Å². The third kappa shape index (κ3) is 63.9. The molecule has 0 aromatic rings. The van der Waals surface area contributed by atoms with Gasteiger partial charge in [-0.2, -0.15) is 58.9 Å². The van der Waals surface area contributed by atoms with Gasteiger partial charge in [0.15, 0.2) is 0 Å². The molecule has 7 saturated heterocycles. The third-order valence-electron chi connectivity index (χ3n) is 6.26. The van der Waals surface area contributed by atoms with E-state index in [0.29, 0.717) is 39.3 Å². The molecular weight excluding hydrogens is 1200 g/mol. The first-order valence-corrected chi connectivity index (χ1v) is 35.9. The van der Waals surface area contributed by atoms with Crippen LogP contribution in [0.5, 0.6) is 0 Å². The zero-order chi connectivity index (χ0) is 62.2. The Bertz CT molecular complexity index is 1940. The van der Waals surface area contributed by atoms with Crippen LogP contribution < -0.4 is 0 Å². The van der Waals surface area contributed by atoms with Crippen LogP contribution in [0.1, 0.15) is 170 Å². The summed E-state index contributed by atoms with van der Waals surface area (Å²) >= 11 is -2.96. The molecule has 0 bridgehead atoms. The standard InChI is InChI=1S/C5H10O4S.C4H8O4S.C4H8O3S.C3H6O4S.C3H6O3S.C2H4O4S.C2H4O3S.C2H2O3S.8C2H6/c1-2-3-5-4-8-10(6,7)9-5;1-2-4-3-7-9(5,6)8-4;5-8(6)4-2-1-3-7-8;1-3-2-6-8(4,5)7-3;4-7(5)3-1-2-6-7;3-7(4)5-1-2-6-7;2*3-6-4-1-2-5-6;8*1-2/h5H,2-4H2,1H3;4H,2-3H2,1H3;1-4H2;3H,2H2,1H3;1-3H2;1-2H2;1-2H2;1-2H;8*1-2H3. The molecule has 3 unspecified atom stereocenters. The van der Waals surface area contributed by atoms with Crippen LogP contribution in [0.15, 0.2) is 12.5 Å². The van der Waals surface area contributed by atoms with E-state index in [1.54, 1.807) is 6.92 Å². The summed E-state index contributed by atoms with van der Waals surface area (Å²) in [6, 6.07) is 0. The Balaban J connectivity index is -0.000000114. The summed E-state index contributed by atoms with van der Waals surface area (Å²) in [6.07, 6.45) is 6.21. The molecule has 0 aromatic heterocycles. The second kappa shape index (κ2) is 59.5. The van der Waals surface area contributed by atoms with Crippen molar-refractivity contribution in [3.05, 3.63) is 12.5 Å². The Kier molecular flexibility index (Phi) is 71.3. The van der Waals surface area contributed by atoms with E-state index in [4.69, 9.17) is 0 Å². The Morgan fingerprint density at radius 2 is 0.766 bits per heavy atom. The molecule has 0 saturated carbocycles. The van der Waals surface area contributed by atoms with Gasteiger partial charge in [-0.05, 0) is 39.0 Å². The van der Waals surface area contributed by atoms with E-state index in [2.05, 4.69) is 58.6 Å². The minimum absolute atomic E-state index is 0.141. The maximum absolute atomic E-state index is 10.5. The second-order valence-electron chi connectivity index (χ2n) is 11.4. The molecule has 8 aliphatic heterocycles. The molecule has 0 aromatic carbocycles. The van der Waals surface area contributed by atoms with Crippen LogP contribution in [0.4, 0.5) is 0 Å². The molecule has 8 rings (SSSR count). The molecule has 0 N–H and O–H groups in total. The number of hydrogen-bond acceptors (Lipinski definition) is 28. The van der Waals surface area contributed by atoms with Gasteiger partial charge in [-0.15, -0.1) is 0 Å². The lowest BCUT2D eigenvalue weighted by molar-refractivity contribution is 0.222. The van der Waals surface area contributed by atoms with Crippen LogP contribution in [0.3, 0.4) is 0 Å². The molecule has 8 heterocycles. The van der Waals surface area contributed by atoms with Gasteiger partial charge in [0.05, 0.1) is 71.0 Å². The highest BCUT2D eigenvalue weighted by atomic mass is 32.3. The van der Waals surface area contributed by atoms with E-state index < -0.39 is 84.6 Å². The van der Waals surface area contributed by atoms with E-state index in [0.717, 1.165) is 25.7 Å². The zero-order valence-electron chi connectivity index (χ0n) is 48.6. The van der Waals surface area contributed by atoms with Gasteiger partial charge < -0.3 is 8.37 Å². The molecule has 0 radical (unpaired) electrons. The highest BCUT2D eigenvalue weighted by Gasteiger charge is 2.29. The maximum Gasteiger partial charge on any atom is 0.416 e. The largest absolute Gasteiger partial charge is 0.416 e. The summed E-state index contributed by atoms with van der Waals surface area (Å²) < 4.78 is 203. The predicted molar refractivity (Wildman–Crippen MR) is 295 cm³/mol. The third-order valence-corrected chi connectivity index (χ3v) is 13.9. The van der Waals surface area contributed by atoms with Crippen molar-refractivity contribution in [1.29, 1.82) is 0 Å². The summed E-state index contributed by atoms with van der Waals surface area (Å²) in [5, 5.41) is 0. The van der Waals surface area contributed by atoms with Gasteiger partial charge in [0.1, 0.15) is 30.8 Å². The van der Waals surface area contributed by atoms with Crippen molar-refractivity contribution in [3.8, 4) is 0 Å². The lowest BCUT2D eigenvalue weighted by Crippen LogP contribution is -2.17. The maximum atomic E-state index is 10.5. The van der Waals surface area contributed by atoms with Gasteiger partial charge >= 0.3 is 64.3 Å². The Hall–Kier alpha value is -1.14. The van der Waals surface area contributed by atoms with Gasteiger partial charge in [-0.3, -0.25) is 16.7 Å². The molecule has 0 spiro atoms. The first kappa shape index (κ1) is 92.3. The van der Waals surface area contributed by atoms with E-state index in [-0.39, 0.29) is 62.9 Å². The van der Waals surface area contributed by atoms with E-state index in [1.165, 1.54) is 12.5 Å². The Morgan fingerprint density at radius 3 is 0.922 bits per heavy atom. The van der Waals surface area contributed by atoms with E-state index in [9.17, 15) is 58.9 Å². The average molecular weight is 1290 g/mol. The summed E-state index contributed by atoms with van der Waals surface area (Å²) in [6.45, 7) is 39.9. The SMILES string of the molecule is CC.CC.CC.CC.CC.CC.CC.CC.CC1COS(=O)(=O)O1.CCC1COS(=O)(=O)O1.CCCC1COS(=O)(=O)O1.O=S1(=O)CCCCO1.O=S1(=O)CCCO1.O=S1(=O)OCCO1.O=S1OC=CO1.O=S1OCCO1. The molecule has 77 heavy (non-hydrogen) atoms. The molecule has 3 atom stereocenters. The normalized spacial score (nSPS) is 23.6. The Labute approximate surface area is 471 Å². The molecule has 28 nitrogen and oxygen atoms in total. The molecule has 0 amide bonds. The fourth-order valence-electron chi connectivity index (χ4n) is 3.65. The topological polar surface area (TPSA) is 368 Å². The smallest absolute Gasteiger partial charge is 0.376 e. The molecule has 0 aliphatic carbocycles. The van der Waals surface area contributed by atoms with Crippen molar-refractivity contribution in [2.75, 3.05) is 71.0 Å². The van der Waals surface area contributed by atoms with Crippen LogP contribution in [0.2, 0.25) is 0 Å². The molecule has 476 valence electrons. The predicted octanol–water partition coefficient (Wildman–Crippen LogP) is 7.22. The fraction of sp³-hybridized carbons (Fsp3) is 0.951. The van der Waals surface area contributed by atoms with Gasteiger partial charge in [0.25, 0.3) is 20.2 Å². The van der Waals surface area contributed by atoms with Crippen molar-refractivity contribution in [3.63, 3.8) is 0 Å². The van der Waals surface area contributed by atoms with Crippen molar-refractivity contribution < 1.29 is 117 Å². The second-order valence-corrected chi connectivity index (χ2v) is 21.6.